The van der Waals surface area contributed by atoms with Crippen molar-refractivity contribution in [3.8, 4) is 6.07 Å². The molecule has 0 radical (unpaired) electrons. The van der Waals surface area contributed by atoms with Crippen molar-refractivity contribution in [2.45, 2.75) is 43.9 Å². The van der Waals surface area contributed by atoms with Gasteiger partial charge in [0.1, 0.15) is 5.83 Å². The highest BCUT2D eigenvalue weighted by Gasteiger charge is 2.53. The first kappa shape index (κ1) is 21.0. The quantitative estimate of drug-likeness (QED) is 0.396. The van der Waals surface area contributed by atoms with Gasteiger partial charge in [-0.1, -0.05) is 6.58 Å². The number of rotatable bonds is 8. The van der Waals surface area contributed by atoms with Crippen molar-refractivity contribution in [3.63, 3.8) is 0 Å². The third-order valence-electron chi connectivity index (χ3n) is 4.45. The lowest BCUT2D eigenvalue weighted by atomic mass is 9.95. The van der Waals surface area contributed by atoms with Gasteiger partial charge in [0.2, 0.25) is 5.70 Å². The number of nitrogens with zero attached hydrogens (tertiary/aromatic N) is 2. The van der Waals surface area contributed by atoms with Gasteiger partial charge in [-0.05, 0) is 38.7 Å². The number of nitrogens with two attached hydrogens (primary N) is 1. The van der Waals surface area contributed by atoms with E-state index in [4.69, 9.17) is 5.73 Å². The van der Waals surface area contributed by atoms with Crippen LogP contribution in [0.2, 0.25) is 0 Å². The van der Waals surface area contributed by atoms with Gasteiger partial charge in [0.15, 0.2) is 14.6 Å². The van der Waals surface area contributed by atoms with Crippen molar-refractivity contribution in [2.75, 3.05) is 5.75 Å². The Morgan fingerprint density at radius 3 is 2.40 bits per heavy atom. The molecule has 0 saturated heterocycles. The Morgan fingerprint density at radius 1 is 1.48 bits per heavy atom. The summed E-state index contributed by atoms with van der Waals surface area (Å²) in [5, 5.41) is 19.8. The molecule has 0 aliphatic heterocycles. The molecule has 25 heavy (non-hydrogen) atoms. The molecule has 0 aromatic heterocycles. The highest BCUT2D eigenvalue weighted by Crippen LogP contribution is 2.45. The van der Waals surface area contributed by atoms with E-state index in [1.165, 1.54) is 20.8 Å². The Bertz CT molecular complexity index is 789. The summed E-state index contributed by atoms with van der Waals surface area (Å²) in [7, 11) is -3.95. The maximum absolute atomic E-state index is 14.2. The SMILES string of the molecule is C=C(/C(F)=C\C=C(/C)[N+](=O)[O-])[C@@](C)(N)CS(=O)(=O)C(C)(C#N)C1CC1. The van der Waals surface area contributed by atoms with E-state index in [9.17, 15) is 28.2 Å². The summed E-state index contributed by atoms with van der Waals surface area (Å²) < 4.78 is 38.0. The predicted octanol–water partition coefficient (Wildman–Crippen LogP) is 2.40. The molecule has 0 aromatic rings. The highest BCUT2D eigenvalue weighted by atomic mass is 32.2. The second kappa shape index (κ2) is 7.06. The van der Waals surface area contributed by atoms with Crippen molar-refractivity contribution in [1.82, 2.24) is 0 Å². The molecule has 0 heterocycles. The average molecular weight is 371 g/mol. The van der Waals surface area contributed by atoms with Crippen LogP contribution in [0.25, 0.3) is 0 Å². The monoisotopic (exact) mass is 371 g/mol. The molecule has 0 amide bonds. The first-order valence-corrected chi connectivity index (χ1v) is 9.24. The van der Waals surface area contributed by atoms with E-state index in [2.05, 4.69) is 6.58 Å². The summed E-state index contributed by atoms with van der Waals surface area (Å²) in [6.45, 7) is 7.33. The van der Waals surface area contributed by atoms with Crippen molar-refractivity contribution in [2.24, 2.45) is 11.7 Å². The van der Waals surface area contributed by atoms with Gasteiger partial charge in [-0.2, -0.15) is 5.26 Å². The van der Waals surface area contributed by atoms with E-state index in [0.717, 1.165) is 12.2 Å². The number of nitriles is 1. The van der Waals surface area contributed by atoms with Gasteiger partial charge in [0.05, 0.1) is 22.3 Å². The van der Waals surface area contributed by atoms with Gasteiger partial charge < -0.3 is 5.73 Å². The number of hydrogen-bond acceptors (Lipinski definition) is 6. The molecule has 1 unspecified atom stereocenters. The van der Waals surface area contributed by atoms with E-state index in [-0.39, 0.29) is 17.2 Å². The smallest absolute Gasteiger partial charge is 0.243 e. The molecule has 7 nitrogen and oxygen atoms in total. The van der Waals surface area contributed by atoms with E-state index in [0.29, 0.717) is 12.8 Å². The van der Waals surface area contributed by atoms with Crippen LogP contribution in [0.1, 0.15) is 33.6 Å². The topological polar surface area (TPSA) is 127 Å². The Balaban J connectivity index is 3.06. The van der Waals surface area contributed by atoms with Crippen LogP contribution in [0.3, 0.4) is 0 Å². The van der Waals surface area contributed by atoms with Gasteiger partial charge in [-0.25, -0.2) is 12.8 Å². The molecule has 1 rings (SSSR count). The second-order valence-corrected chi connectivity index (χ2v) is 9.09. The predicted molar refractivity (Wildman–Crippen MR) is 92.2 cm³/mol. The summed E-state index contributed by atoms with van der Waals surface area (Å²) in [5.74, 6) is -1.86. The number of sulfone groups is 1. The summed E-state index contributed by atoms with van der Waals surface area (Å²) in [6, 6.07) is 1.86. The van der Waals surface area contributed by atoms with Crippen LogP contribution >= 0.6 is 0 Å². The fourth-order valence-electron chi connectivity index (χ4n) is 2.31. The molecule has 2 atom stereocenters. The van der Waals surface area contributed by atoms with Gasteiger partial charge >= 0.3 is 0 Å². The van der Waals surface area contributed by atoms with E-state index in [1.54, 1.807) is 0 Å². The van der Waals surface area contributed by atoms with Crippen molar-refractivity contribution in [3.05, 3.63) is 45.9 Å². The van der Waals surface area contributed by atoms with E-state index < -0.39 is 36.6 Å². The third kappa shape index (κ3) is 4.52. The molecule has 1 saturated carbocycles. The minimum absolute atomic E-state index is 0.252. The minimum atomic E-state index is -3.95. The standard InChI is InChI=1S/C16H22FN3O4S/c1-11(20(21)22)5-8-14(17)12(2)15(3,19)10-25(23,24)16(4,9-18)13-6-7-13/h5,8,13H,2,6-7,10,19H2,1,3-4H3/b11-5+,14-8+/t15-,16?/m0/s1. The molecule has 0 aromatic carbocycles. The summed E-state index contributed by atoms with van der Waals surface area (Å²) in [4.78, 5) is 9.82. The van der Waals surface area contributed by atoms with Crippen molar-refractivity contribution >= 4 is 9.84 Å². The second-order valence-electron chi connectivity index (χ2n) is 6.73. The normalized spacial score (nSPS) is 21.0. The lowest BCUT2D eigenvalue weighted by Crippen LogP contribution is -2.50. The Kier molecular flexibility index (Phi) is 5.93. The fraction of sp³-hybridized carbons (Fsp3) is 0.562. The zero-order valence-electron chi connectivity index (χ0n) is 14.5. The molecule has 138 valence electrons. The van der Waals surface area contributed by atoms with Crippen LogP contribution in [0.5, 0.6) is 0 Å². The fourth-order valence-corrected chi connectivity index (χ4v) is 4.45. The maximum Gasteiger partial charge on any atom is 0.243 e. The van der Waals surface area contributed by atoms with Crippen molar-refractivity contribution < 1.29 is 17.7 Å². The third-order valence-corrected chi connectivity index (χ3v) is 7.15. The number of allylic oxidation sites excluding steroid dienone is 3. The Hall–Kier alpha value is -2.05. The molecule has 1 aliphatic carbocycles. The molecule has 0 bridgehead atoms. The number of hydrogen-bond donors (Lipinski definition) is 1. The van der Waals surface area contributed by atoms with Gasteiger partial charge in [-0.3, -0.25) is 10.1 Å². The number of nitro groups is 1. The molecular weight excluding hydrogens is 349 g/mol. The maximum atomic E-state index is 14.2. The van der Waals surface area contributed by atoms with Crippen LogP contribution in [0.4, 0.5) is 4.39 Å². The summed E-state index contributed by atoms with van der Waals surface area (Å²) >= 11 is 0. The first-order valence-electron chi connectivity index (χ1n) is 7.59. The van der Waals surface area contributed by atoms with Crippen LogP contribution in [0, 0.1) is 27.4 Å². The van der Waals surface area contributed by atoms with Crippen LogP contribution in [-0.4, -0.2) is 29.4 Å². The van der Waals surface area contributed by atoms with Gasteiger partial charge in [0.25, 0.3) is 0 Å². The Labute approximate surface area is 146 Å². The number of halogens is 1. The summed E-state index contributed by atoms with van der Waals surface area (Å²) in [6.07, 6.45) is 3.05. The molecular formula is C16H22FN3O4S. The zero-order valence-corrected chi connectivity index (χ0v) is 15.3. The van der Waals surface area contributed by atoms with Crippen LogP contribution in [-0.2, 0) is 9.84 Å². The lowest BCUT2D eigenvalue weighted by molar-refractivity contribution is -0.424. The van der Waals surface area contributed by atoms with Gasteiger partial charge in [0, 0.05) is 18.6 Å². The molecule has 0 spiro atoms. The zero-order chi connectivity index (χ0) is 19.6. The highest BCUT2D eigenvalue weighted by molar-refractivity contribution is 7.93. The molecule has 1 fully saturated rings. The molecule has 9 heteroatoms. The molecule has 1 aliphatic rings. The Morgan fingerprint density at radius 2 is 2.00 bits per heavy atom. The van der Waals surface area contributed by atoms with E-state index >= 15 is 0 Å². The van der Waals surface area contributed by atoms with Crippen LogP contribution in [0.15, 0.2) is 35.8 Å². The first-order chi connectivity index (χ1) is 11.3. The van der Waals surface area contributed by atoms with Crippen molar-refractivity contribution in [1.29, 1.82) is 5.26 Å². The average Bonchev–Trinajstić information content (AvgIpc) is 3.34. The minimum Gasteiger partial charge on any atom is -0.321 e. The molecule has 2 N–H and O–H groups in total. The lowest BCUT2D eigenvalue weighted by Gasteiger charge is -2.30. The van der Waals surface area contributed by atoms with Gasteiger partial charge in [-0.15, -0.1) is 0 Å². The van der Waals surface area contributed by atoms with E-state index in [1.807, 2.05) is 6.07 Å². The largest absolute Gasteiger partial charge is 0.321 e. The van der Waals surface area contributed by atoms with Crippen LogP contribution < -0.4 is 5.73 Å². The summed E-state index contributed by atoms with van der Waals surface area (Å²) in [5.41, 5.74) is 3.70.